The van der Waals surface area contributed by atoms with Crippen LogP contribution in [0.1, 0.15) is 5.82 Å². The topological polar surface area (TPSA) is 55.7 Å². The number of rotatable bonds is 1. The largest absolute Gasteiger partial charge is 2.00 e. The van der Waals surface area contributed by atoms with Crippen molar-refractivity contribution in [1.82, 2.24) is 10.1 Å². The number of aromatic nitrogens is 3. The fraction of sp³-hybridized carbons (Fsp3) is 0.0769. The molecule has 0 spiro atoms. The molecule has 0 radical (unpaired) electrons. The summed E-state index contributed by atoms with van der Waals surface area (Å²) in [5.41, 5.74) is 6.44. The van der Waals surface area contributed by atoms with Crippen molar-refractivity contribution < 1.29 is 21.8 Å². The SMILES string of the molecule is C[c-]1nc(N)n[n+]1-[c-]1cccc1.[Fe+2].c1cc[cH-]c1. The number of hydrogen-bond donors (Lipinski definition) is 1. The van der Waals surface area contributed by atoms with Crippen molar-refractivity contribution in [3.8, 4) is 5.69 Å². The molecule has 0 saturated carbocycles. The summed E-state index contributed by atoms with van der Waals surface area (Å²) in [5, 5.41) is 4.04. The number of hydrogen-bond acceptors (Lipinski definition) is 3. The molecule has 18 heavy (non-hydrogen) atoms. The van der Waals surface area contributed by atoms with Gasteiger partial charge >= 0.3 is 17.1 Å². The Morgan fingerprint density at radius 3 is 2.17 bits per heavy atom. The fourth-order valence-corrected chi connectivity index (χ4v) is 1.48. The zero-order valence-corrected chi connectivity index (χ0v) is 11.1. The zero-order chi connectivity index (χ0) is 12.1. The average molecular weight is 282 g/mol. The number of aryl methyl sites for hydroxylation is 1. The van der Waals surface area contributed by atoms with Crippen LogP contribution >= 0.6 is 0 Å². The van der Waals surface area contributed by atoms with Gasteiger partial charge in [0.2, 0.25) is 0 Å². The Bertz CT molecular complexity index is 520. The molecule has 0 fully saturated rings. The van der Waals surface area contributed by atoms with E-state index in [-0.39, 0.29) is 17.1 Å². The van der Waals surface area contributed by atoms with Crippen LogP contribution in [0.25, 0.3) is 5.69 Å². The van der Waals surface area contributed by atoms with E-state index in [9.17, 15) is 0 Å². The Hall–Kier alpha value is -1.84. The fourth-order valence-electron chi connectivity index (χ4n) is 1.48. The number of nitrogens with two attached hydrogens (primary N) is 1. The molecule has 0 aliphatic rings. The standard InChI is InChI=1S/C8H9N4.C5H5.Fe/c1-6-10-8(9)11-12(6)7-4-2-3-5-7;1-2-4-5-3-1;/h2-5H,1H3,(H2,9,10);1-5H;/q2*-1;+2. The molecule has 2 N–H and O–H groups in total. The Kier molecular flexibility index (Phi) is 5.36. The minimum atomic E-state index is 0. The summed E-state index contributed by atoms with van der Waals surface area (Å²) in [6.45, 7) is 1.87. The number of nitrogens with zero attached hydrogens (tertiary/aromatic N) is 3. The predicted molar refractivity (Wildman–Crippen MR) is 65.9 cm³/mol. The summed E-state index contributed by atoms with van der Waals surface area (Å²) >= 11 is 0. The first kappa shape index (κ1) is 14.2. The second-order valence-corrected chi connectivity index (χ2v) is 3.53. The first-order valence-electron chi connectivity index (χ1n) is 5.35. The molecule has 1 heterocycles. The zero-order valence-electron chi connectivity index (χ0n) is 9.97. The monoisotopic (exact) mass is 282 g/mol. The van der Waals surface area contributed by atoms with Crippen LogP contribution in [-0.4, -0.2) is 10.1 Å². The molecule has 0 amide bonds. The van der Waals surface area contributed by atoms with Gasteiger partial charge in [-0.25, -0.2) is 12.1 Å². The van der Waals surface area contributed by atoms with E-state index in [0.29, 0.717) is 5.95 Å². The minimum absolute atomic E-state index is 0. The van der Waals surface area contributed by atoms with Crippen LogP contribution in [0.2, 0.25) is 0 Å². The van der Waals surface area contributed by atoms with Gasteiger partial charge in [-0.3, -0.25) is 4.98 Å². The van der Waals surface area contributed by atoms with Crippen molar-refractivity contribution in [2.45, 2.75) is 6.92 Å². The molecule has 3 rings (SSSR count). The maximum atomic E-state index is 5.44. The van der Waals surface area contributed by atoms with Crippen LogP contribution in [0.15, 0.2) is 54.6 Å². The van der Waals surface area contributed by atoms with Crippen molar-refractivity contribution >= 4 is 5.95 Å². The van der Waals surface area contributed by atoms with Gasteiger partial charge in [0.05, 0.1) is 5.82 Å². The van der Waals surface area contributed by atoms with E-state index in [4.69, 9.17) is 5.73 Å². The van der Waals surface area contributed by atoms with E-state index >= 15 is 0 Å². The average Bonchev–Trinajstić information content (AvgIpc) is 2.99. The number of anilines is 1. The minimum Gasteiger partial charge on any atom is -0.448 e. The van der Waals surface area contributed by atoms with Gasteiger partial charge in [0, 0.05) is 0 Å². The van der Waals surface area contributed by atoms with Crippen LogP contribution in [0.4, 0.5) is 5.95 Å². The van der Waals surface area contributed by atoms with Crippen LogP contribution in [0.3, 0.4) is 0 Å². The summed E-state index contributed by atoms with van der Waals surface area (Å²) < 4.78 is 1.72. The molecule has 4 nitrogen and oxygen atoms in total. The third-order valence-corrected chi connectivity index (χ3v) is 2.23. The molecule has 94 valence electrons. The van der Waals surface area contributed by atoms with Crippen molar-refractivity contribution in [1.29, 1.82) is 0 Å². The summed E-state index contributed by atoms with van der Waals surface area (Å²) in [6.07, 6.45) is 0. The van der Waals surface area contributed by atoms with E-state index in [0.717, 1.165) is 11.5 Å². The van der Waals surface area contributed by atoms with Crippen LogP contribution in [0.5, 0.6) is 0 Å². The maximum absolute atomic E-state index is 5.44. The van der Waals surface area contributed by atoms with Gasteiger partial charge in [-0.1, -0.05) is 19.1 Å². The van der Waals surface area contributed by atoms with E-state index < -0.39 is 0 Å². The Morgan fingerprint density at radius 2 is 1.78 bits per heavy atom. The molecule has 0 saturated heterocycles. The quantitative estimate of drug-likeness (QED) is 0.418. The van der Waals surface area contributed by atoms with Crippen LogP contribution in [0, 0.1) is 6.92 Å². The molecule has 0 bridgehead atoms. The molecule has 0 aliphatic carbocycles. The first-order valence-corrected chi connectivity index (χ1v) is 5.35. The van der Waals surface area contributed by atoms with Gasteiger partial charge in [0.25, 0.3) is 0 Å². The van der Waals surface area contributed by atoms with Gasteiger partial charge < -0.3 is 10.4 Å². The summed E-state index contributed by atoms with van der Waals surface area (Å²) in [5.74, 6) is 1.12. The van der Waals surface area contributed by atoms with Gasteiger partial charge in [0.15, 0.2) is 5.95 Å². The molecule has 0 aliphatic heterocycles. The first-order chi connectivity index (χ1) is 8.27. The second kappa shape index (κ2) is 6.79. The smallest absolute Gasteiger partial charge is 0.448 e. The molecule has 5 heteroatoms. The maximum Gasteiger partial charge on any atom is 2.00 e. The van der Waals surface area contributed by atoms with Crippen molar-refractivity contribution in [3.63, 3.8) is 0 Å². The van der Waals surface area contributed by atoms with Crippen molar-refractivity contribution in [2.75, 3.05) is 5.73 Å². The number of nitrogen functional groups attached to an aromatic ring is 1. The van der Waals surface area contributed by atoms with Crippen molar-refractivity contribution in [3.05, 3.63) is 60.4 Å². The van der Waals surface area contributed by atoms with Crippen LogP contribution < -0.4 is 10.4 Å². The van der Waals surface area contributed by atoms with Crippen molar-refractivity contribution in [2.24, 2.45) is 0 Å². The predicted octanol–water partition coefficient (Wildman–Crippen LogP) is 1.48. The molecule has 2 aromatic carbocycles. The Labute approximate surface area is 117 Å². The molecule has 1 aromatic heterocycles. The Balaban J connectivity index is 0.000000230. The molecular formula is C13H14FeN4. The summed E-state index contributed by atoms with van der Waals surface area (Å²) in [4.78, 5) is 4.00. The molecule has 0 unspecified atom stereocenters. The van der Waals surface area contributed by atoms with Gasteiger partial charge in [-0.05, 0) is 5.69 Å². The normalized spacial score (nSPS) is 9.17. The van der Waals surface area contributed by atoms with Gasteiger partial charge in [-0.15, -0.1) is 12.1 Å². The summed E-state index contributed by atoms with van der Waals surface area (Å²) in [6, 6.07) is 17.8. The Morgan fingerprint density at radius 1 is 1.17 bits per heavy atom. The molecular weight excluding hydrogens is 268 g/mol. The second-order valence-electron chi connectivity index (χ2n) is 3.53. The van der Waals surface area contributed by atoms with E-state index in [2.05, 4.69) is 10.1 Å². The van der Waals surface area contributed by atoms with E-state index in [1.807, 2.05) is 61.5 Å². The molecule has 0 atom stereocenters. The van der Waals surface area contributed by atoms with Gasteiger partial charge in [-0.2, -0.15) is 23.3 Å². The van der Waals surface area contributed by atoms with Crippen LogP contribution in [-0.2, 0) is 17.1 Å². The third kappa shape index (κ3) is 3.58. The van der Waals surface area contributed by atoms with Gasteiger partial charge in [0.1, 0.15) is 0 Å². The molecule has 3 aromatic rings. The summed E-state index contributed by atoms with van der Waals surface area (Å²) in [7, 11) is 0. The third-order valence-electron chi connectivity index (χ3n) is 2.23. The van der Waals surface area contributed by atoms with E-state index in [1.54, 1.807) is 4.68 Å². The van der Waals surface area contributed by atoms with E-state index in [1.165, 1.54) is 0 Å².